The quantitative estimate of drug-likeness (QED) is 0.0279. The van der Waals surface area contributed by atoms with Crippen LogP contribution < -0.4 is 59.3 Å². The number of hydrogen-bond donors (Lipinski definition) is 13. The SMILES string of the molecule is CC(C)C[C@H](NC(=O)CNC(=O)[C@H](Cc1ccccc1)N(C)C(=O)[C@H](C)NC(=O)[C@@H](N)Cc1ccccc1)C(=O)N[C@@H](C)C(=O)N[C@H](C(=O)N[C@@H](Cc1ccccc1)C(=O)N[C@@H](CC(=O)S)C(=O)N(C)[C@@H](C)C(=O)N[C@@H](CNCC(N)=O)C(=O)O)C(C)C. The number of carboxylic acids is 1. The smallest absolute Gasteiger partial charge is 0.327 e. The van der Waals surface area contributed by atoms with Crippen molar-refractivity contribution in [3.05, 3.63) is 108 Å². The summed E-state index contributed by atoms with van der Waals surface area (Å²) in [6.45, 7) is 9.45. The van der Waals surface area contributed by atoms with E-state index < -0.39 is 162 Å². The van der Waals surface area contributed by atoms with Gasteiger partial charge in [-0.3, -0.25) is 57.5 Å². The molecule has 0 aliphatic carbocycles. The lowest BCUT2D eigenvalue weighted by Gasteiger charge is -2.31. The van der Waals surface area contributed by atoms with Gasteiger partial charge in [-0.15, -0.1) is 12.6 Å². The first-order valence-electron chi connectivity index (χ1n) is 28.6. The maximum Gasteiger partial charge on any atom is 0.327 e. The van der Waals surface area contributed by atoms with Crippen LogP contribution in [0.25, 0.3) is 0 Å². The van der Waals surface area contributed by atoms with Gasteiger partial charge in [-0.2, -0.15) is 0 Å². The number of carboxylic acid groups (broad SMARTS) is 1. The van der Waals surface area contributed by atoms with Gasteiger partial charge in [-0.1, -0.05) is 119 Å². The number of benzene rings is 3. The van der Waals surface area contributed by atoms with Crippen molar-refractivity contribution in [2.45, 2.75) is 141 Å². The Morgan fingerprint density at radius 3 is 1.52 bits per heavy atom. The molecule has 0 spiro atoms. The maximum atomic E-state index is 14.2. The number of nitrogens with zero attached hydrogens (tertiary/aromatic N) is 2. The number of likely N-dealkylation sites (N-methyl/N-ethyl adjacent to an activating group) is 2. The van der Waals surface area contributed by atoms with Crippen molar-refractivity contribution in [1.29, 1.82) is 0 Å². The van der Waals surface area contributed by atoms with Crippen LogP contribution in [0.4, 0.5) is 0 Å². The Balaban J connectivity index is 1.74. The highest BCUT2D eigenvalue weighted by Crippen LogP contribution is 2.14. The van der Waals surface area contributed by atoms with Gasteiger partial charge in [-0.25, -0.2) is 4.79 Å². The maximum absolute atomic E-state index is 14.2. The van der Waals surface area contributed by atoms with Gasteiger partial charge in [0.2, 0.25) is 65.0 Å². The summed E-state index contributed by atoms with van der Waals surface area (Å²) in [5, 5.41) is 31.7. The highest BCUT2D eigenvalue weighted by molar-refractivity contribution is 7.96. The lowest BCUT2D eigenvalue weighted by Crippen LogP contribution is -2.61. The molecule has 0 radical (unpaired) electrons. The Kier molecular flexibility index (Phi) is 30.4. The molecule has 11 amide bonds. The van der Waals surface area contributed by atoms with Crippen LogP contribution in [0.15, 0.2) is 91.0 Å². The Morgan fingerprint density at radius 2 is 1.01 bits per heavy atom. The van der Waals surface area contributed by atoms with Gasteiger partial charge < -0.3 is 74.2 Å². The number of carbonyl (C=O) groups excluding carboxylic acids is 12. The summed E-state index contributed by atoms with van der Waals surface area (Å²) >= 11 is 3.81. The number of hydrogen-bond acceptors (Lipinski definition) is 15. The van der Waals surface area contributed by atoms with Crippen LogP contribution >= 0.6 is 12.6 Å². The van der Waals surface area contributed by atoms with E-state index in [4.69, 9.17) is 11.5 Å². The zero-order valence-corrected chi connectivity index (χ0v) is 51.9. The highest BCUT2D eigenvalue weighted by Gasteiger charge is 2.37. The van der Waals surface area contributed by atoms with E-state index in [1.54, 1.807) is 88.4 Å². The van der Waals surface area contributed by atoms with Crippen LogP contribution in [0, 0.1) is 11.8 Å². The summed E-state index contributed by atoms with van der Waals surface area (Å²) in [5.74, 6) is -11.1. The molecule has 0 unspecified atom stereocenters. The second-order valence-electron chi connectivity index (χ2n) is 22.1. The van der Waals surface area contributed by atoms with Crippen molar-refractivity contribution >= 4 is 88.7 Å². The third-order valence-electron chi connectivity index (χ3n) is 14.0. The summed E-state index contributed by atoms with van der Waals surface area (Å²) in [5.41, 5.74) is 13.3. The van der Waals surface area contributed by atoms with Crippen LogP contribution in [0.3, 0.4) is 0 Å². The first-order chi connectivity index (χ1) is 41.4. The van der Waals surface area contributed by atoms with Gasteiger partial charge in [0.1, 0.15) is 54.4 Å². The van der Waals surface area contributed by atoms with Crippen LogP contribution in [-0.2, 0) is 81.6 Å². The first kappa shape index (κ1) is 73.5. The molecule has 27 nitrogen and oxygen atoms in total. The molecule has 3 aromatic carbocycles. The Hall–Kier alpha value is -8.76. The molecule has 0 saturated carbocycles. The van der Waals surface area contributed by atoms with Gasteiger partial charge in [0.15, 0.2) is 5.12 Å². The molecule has 14 N–H and O–H groups in total. The zero-order valence-electron chi connectivity index (χ0n) is 51.0. The van der Waals surface area contributed by atoms with Crippen LogP contribution in [0.2, 0.25) is 0 Å². The van der Waals surface area contributed by atoms with Gasteiger partial charge in [0.25, 0.3) is 0 Å². The summed E-state index contributed by atoms with van der Waals surface area (Å²) in [6, 6.07) is 13.1. The fourth-order valence-electron chi connectivity index (χ4n) is 8.88. The minimum atomic E-state index is -1.66. The van der Waals surface area contributed by atoms with Crippen molar-refractivity contribution in [2.24, 2.45) is 23.3 Å². The van der Waals surface area contributed by atoms with Crippen LogP contribution in [0.5, 0.6) is 0 Å². The summed E-state index contributed by atoms with van der Waals surface area (Å²) in [4.78, 5) is 175. The topological polar surface area (TPSA) is 409 Å². The highest BCUT2D eigenvalue weighted by atomic mass is 32.1. The van der Waals surface area contributed by atoms with Crippen LogP contribution in [0.1, 0.15) is 78.0 Å². The molecular formula is C60H85N13O14S. The molecule has 10 atom stereocenters. The Morgan fingerprint density at radius 1 is 0.511 bits per heavy atom. The van der Waals surface area contributed by atoms with Crippen molar-refractivity contribution in [3.8, 4) is 0 Å². The number of thiol groups is 1. The van der Waals surface area contributed by atoms with Crippen molar-refractivity contribution in [1.82, 2.24) is 57.7 Å². The van der Waals surface area contributed by atoms with Crippen molar-refractivity contribution < 1.29 is 67.4 Å². The number of carbonyl (C=O) groups is 13. The number of amides is 11. The lowest BCUT2D eigenvalue weighted by atomic mass is 10.00. The molecule has 0 aliphatic heterocycles. The third-order valence-corrected chi connectivity index (χ3v) is 14.2. The van der Waals surface area contributed by atoms with E-state index in [0.29, 0.717) is 11.1 Å². The van der Waals surface area contributed by atoms with Gasteiger partial charge >= 0.3 is 5.97 Å². The minimum Gasteiger partial charge on any atom is -0.480 e. The van der Waals surface area contributed by atoms with E-state index in [9.17, 15) is 67.4 Å². The zero-order chi connectivity index (χ0) is 65.9. The van der Waals surface area contributed by atoms with Crippen molar-refractivity contribution in [3.63, 3.8) is 0 Å². The summed E-state index contributed by atoms with van der Waals surface area (Å²) in [7, 11) is 2.58. The van der Waals surface area contributed by atoms with E-state index in [1.165, 1.54) is 39.8 Å². The molecule has 0 bridgehead atoms. The molecule has 3 rings (SSSR count). The van der Waals surface area contributed by atoms with E-state index >= 15 is 0 Å². The fourth-order valence-corrected chi connectivity index (χ4v) is 9.07. The second kappa shape index (κ2) is 36.4. The predicted octanol–water partition coefficient (Wildman–Crippen LogP) is -2.03. The second-order valence-corrected chi connectivity index (χ2v) is 22.6. The van der Waals surface area contributed by atoms with E-state index in [0.717, 1.165) is 10.5 Å². The Bertz CT molecular complexity index is 2910. The van der Waals surface area contributed by atoms with E-state index in [-0.39, 0.29) is 38.1 Å². The number of nitrogens with one attached hydrogen (secondary N) is 9. The average molecular weight is 1240 g/mol. The number of aliphatic carboxylic acids is 1. The average Bonchev–Trinajstić information content (AvgIpc) is 3.68. The fraction of sp³-hybridized carbons (Fsp3) is 0.483. The lowest BCUT2D eigenvalue weighted by molar-refractivity contribution is -0.145. The first-order valence-corrected chi connectivity index (χ1v) is 29.1. The van der Waals surface area contributed by atoms with E-state index in [2.05, 4.69) is 60.5 Å². The molecule has 88 heavy (non-hydrogen) atoms. The van der Waals surface area contributed by atoms with Crippen molar-refractivity contribution in [2.75, 3.05) is 33.7 Å². The standard InChI is InChI=1S/C60H85N13O14S/c1-33(2)25-42(67-48(75)32-64-56(82)46(28-40-23-17-12-18-24-40)73(9)58(84)36(6)66-53(79)41(61)26-38-19-13-10-14-20-38)54(80)65-35(5)51(77)71-50(34(3)4)57(83)68-43(27-39-21-15-11-16-22-39)55(81)69-44(29-49(76)88)59(85)72(8)37(7)52(78)70-45(60(86)87)30-63-31-47(62)74/h10-24,33-37,41-46,50,63H,25-32,61H2,1-9H3,(H2,62,74)(H,64,82)(H,65,80)(H,66,79)(H,67,75)(H,68,83)(H,69,81)(H,70,78)(H,71,77)(H,76,88)(H,86,87)/t35-,36-,37-,41-,42-,43-,44-,45-,46-,50-/m0/s1. The predicted molar refractivity (Wildman–Crippen MR) is 328 cm³/mol. The molecule has 3 aromatic rings. The van der Waals surface area contributed by atoms with Gasteiger partial charge in [0.05, 0.1) is 19.1 Å². The number of rotatable bonds is 36. The monoisotopic (exact) mass is 1240 g/mol. The molecular weight excluding hydrogens is 1160 g/mol. The molecule has 0 aliphatic rings. The molecule has 0 aromatic heterocycles. The number of primary amides is 1. The molecule has 28 heteroatoms. The van der Waals surface area contributed by atoms with Crippen LogP contribution in [-0.4, -0.2) is 185 Å². The van der Waals surface area contributed by atoms with Gasteiger partial charge in [0, 0.05) is 39.9 Å². The Labute approximate surface area is 517 Å². The third kappa shape index (κ3) is 24.9. The molecule has 0 heterocycles. The largest absolute Gasteiger partial charge is 0.480 e. The van der Waals surface area contributed by atoms with Gasteiger partial charge in [-0.05, 0) is 62.1 Å². The van der Waals surface area contributed by atoms with E-state index in [1.807, 2.05) is 30.3 Å². The summed E-state index contributed by atoms with van der Waals surface area (Å²) in [6.07, 6.45) is -0.523. The minimum absolute atomic E-state index is 0.0282. The molecule has 0 fully saturated rings. The number of nitrogens with two attached hydrogens (primary N) is 2. The molecule has 0 saturated heterocycles. The molecule has 480 valence electrons. The normalized spacial score (nSPS) is 14.5. The summed E-state index contributed by atoms with van der Waals surface area (Å²) < 4.78 is 0.